The Bertz CT molecular complexity index is 319. The van der Waals surface area contributed by atoms with Gasteiger partial charge in [-0.15, -0.1) is 10.2 Å². The number of hydrogen-bond donors (Lipinski definition) is 0. The van der Waals surface area contributed by atoms with Crippen molar-refractivity contribution in [2.75, 3.05) is 0 Å². The normalized spacial score (nSPS) is 8.29. The van der Waals surface area contributed by atoms with E-state index in [2.05, 4.69) is 22.0 Å². The van der Waals surface area contributed by atoms with E-state index >= 15 is 0 Å². The van der Waals surface area contributed by atoms with Crippen LogP contribution in [0.2, 0.25) is 0 Å². The number of nitrogens with zero attached hydrogens (tertiary/aromatic N) is 3. The van der Waals surface area contributed by atoms with Crippen molar-refractivity contribution >= 4 is 6.08 Å². The van der Waals surface area contributed by atoms with Crippen LogP contribution in [0.3, 0.4) is 0 Å². The zero-order chi connectivity index (χ0) is 10.1. The van der Waals surface area contributed by atoms with Gasteiger partial charge < -0.3 is 0 Å². The highest BCUT2D eigenvalue weighted by Crippen LogP contribution is 1.97. The van der Waals surface area contributed by atoms with Crippen LogP contribution in [0.1, 0.15) is 5.56 Å². The highest BCUT2D eigenvalue weighted by atomic mass is 15.3. The summed E-state index contributed by atoms with van der Waals surface area (Å²) in [6.45, 7) is 3.63. The fraction of sp³-hybridized carbons (Fsp3) is 0. The SMILES string of the molecule is C=Cc1ccccc1.c1cnnnc1. The first-order valence-corrected chi connectivity index (χ1v) is 4.19. The van der Waals surface area contributed by atoms with Gasteiger partial charge in [-0.05, 0) is 16.8 Å². The van der Waals surface area contributed by atoms with Gasteiger partial charge in [-0.25, -0.2) is 0 Å². The van der Waals surface area contributed by atoms with E-state index in [1.165, 1.54) is 5.56 Å². The maximum Gasteiger partial charge on any atom is 0.0529 e. The molecule has 0 saturated heterocycles. The molecule has 0 unspecified atom stereocenters. The molecular formula is C11H11N3. The number of benzene rings is 1. The highest BCUT2D eigenvalue weighted by molar-refractivity contribution is 5.45. The van der Waals surface area contributed by atoms with E-state index in [1.807, 2.05) is 36.4 Å². The van der Waals surface area contributed by atoms with Crippen LogP contribution in [0.25, 0.3) is 6.08 Å². The molecule has 3 heteroatoms. The topological polar surface area (TPSA) is 38.7 Å². The second-order valence-electron chi connectivity index (χ2n) is 2.43. The monoisotopic (exact) mass is 185 g/mol. The van der Waals surface area contributed by atoms with Crippen molar-refractivity contribution in [3.05, 3.63) is 60.9 Å². The Labute approximate surface area is 83.1 Å². The van der Waals surface area contributed by atoms with Crippen LogP contribution in [0.4, 0.5) is 0 Å². The Hall–Kier alpha value is -2.03. The van der Waals surface area contributed by atoms with Crippen LogP contribution in [0, 0.1) is 0 Å². The molecule has 0 fully saturated rings. The summed E-state index contributed by atoms with van der Waals surface area (Å²) in [5.74, 6) is 0. The lowest BCUT2D eigenvalue weighted by Gasteiger charge is -1.85. The minimum Gasteiger partial charge on any atom is -0.139 e. The zero-order valence-electron chi connectivity index (χ0n) is 7.74. The third-order valence-corrected chi connectivity index (χ3v) is 1.44. The zero-order valence-corrected chi connectivity index (χ0v) is 7.74. The summed E-state index contributed by atoms with van der Waals surface area (Å²) in [6.07, 6.45) is 4.99. The molecule has 3 nitrogen and oxygen atoms in total. The Morgan fingerprint density at radius 1 is 0.929 bits per heavy atom. The Morgan fingerprint density at radius 2 is 1.57 bits per heavy atom. The lowest BCUT2D eigenvalue weighted by atomic mass is 10.2. The number of aromatic nitrogens is 3. The quantitative estimate of drug-likeness (QED) is 0.683. The molecule has 0 aliphatic rings. The van der Waals surface area contributed by atoms with Crippen LogP contribution < -0.4 is 0 Å². The van der Waals surface area contributed by atoms with Gasteiger partial charge in [0.25, 0.3) is 0 Å². The van der Waals surface area contributed by atoms with E-state index in [0.717, 1.165) is 0 Å². The van der Waals surface area contributed by atoms with E-state index in [-0.39, 0.29) is 0 Å². The molecule has 1 aromatic heterocycles. The number of rotatable bonds is 1. The van der Waals surface area contributed by atoms with Gasteiger partial charge in [-0.3, -0.25) is 0 Å². The molecule has 0 amide bonds. The molecule has 0 N–H and O–H groups in total. The lowest BCUT2D eigenvalue weighted by Crippen LogP contribution is -1.78. The molecule has 0 saturated carbocycles. The van der Waals surface area contributed by atoms with Crippen molar-refractivity contribution in [1.82, 2.24) is 15.4 Å². The van der Waals surface area contributed by atoms with Crippen LogP contribution in [-0.4, -0.2) is 15.4 Å². The molecule has 0 bridgehead atoms. The molecule has 14 heavy (non-hydrogen) atoms. The minimum atomic E-state index is 1.17. The molecule has 0 atom stereocenters. The average molecular weight is 185 g/mol. The van der Waals surface area contributed by atoms with Crippen molar-refractivity contribution in [2.45, 2.75) is 0 Å². The van der Waals surface area contributed by atoms with Crippen molar-refractivity contribution in [3.8, 4) is 0 Å². The molecule has 2 rings (SSSR count). The van der Waals surface area contributed by atoms with Gasteiger partial charge in [0.15, 0.2) is 0 Å². The van der Waals surface area contributed by atoms with Gasteiger partial charge in [-0.1, -0.05) is 43.0 Å². The highest BCUT2D eigenvalue weighted by Gasteiger charge is 1.75. The molecule has 2 aromatic rings. The van der Waals surface area contributed by atoms with E-state index in [0.29, 0.717) is 0 Å². The van der Waals surface area contributed by atoms with E-state index in [4.69, 9.17) is 0 Å². The van der Waals surface area contributed by atoms with E-state index in [9.17, 15) is 0 Å². The van der Waals surface area contributed by atoms with Gasteiger partial charge in [-0.2, -0.15) is 0 Å². The van der Waals surface area contributed by atoms with Crippen LogP contribution in [-0.2, 0) is 0 Å². The van der Waals surface area contributed by atoms with Crippen molar-refractivity contribution < 1.29 is 0 Å². The van der Waals surface area contributed by atoms with Gasteiger partial charge in [0.1, 0.15) is 0 Å². The first-order chi connectivity index (χ1) is 6.93. The van der Waals surface area contributed by atoms with Gasteiger partial charge >= 0.3 is 0 Å². The Morgan fingerprint density at radius 3 is 1.86 bits per heavy atom. The minimum absolute atomic E-state index is 1.17. The van der Waals surface area contributed by atoms with Crippen LogP contribution in [0.15, 0.2) is 55.4 Å². The van der Waals surface area contributed by atoms with Gasteiger partial charge in [0, 0.05) is 0 Å². The summed E-state index contributed by atoms with van der Waals surface area (Å²) in [5, 5.41) is 10.1. The maximum atomic E-state index is 3.63. The van der Waals surface area contributed by atoms with E-state index < -0.39 is 0 Å². The molecule has 0 spiro atoms. The first-order valence-electron chi connectivity index (χ1n) is 4.19. The third-order valence-electron chi connectivity index (χ3n) is 1.44. The van der Waals surface area contributed by atoms with Crippen LogP contribution >= 0.6 is 0 Å². The standard InChI is InChI=1S/C8H8.C3H3N3/c1-2-8-6-4-3-5-7-8;1-2-4-6-5-3-1/h2-7H,1H2;1-3H. The summed E-state index contributed by atoms with van der Waals surface area (Å²) in [6, 6.07) is 11.7. The molecule has 1 heterocycles. The second-order valence-corrected chi connectivity index (χ2v) is 2.43. The largest absolute Gasteiger partial charge is 0.139 e. The van der Waals surface area contributed by atoms with Gasteiger partial charge in [0.2, 0.25) is 0 Å². The molecule has 0 radical (unpaired) electrons. The average Bonchev–Trinajstić information content (AvgIpc) is 2.33. The summed E-state index contributed by atoms with van der Waals surface area (Å²) >= 11 is 0. The maximum absolute atomic E-state index is 3.63. The van der Waals surface area contributed by atoms with Crippen LogP contribution in [0.5, 0.6) is 0 Å². The van der Waals surface area contributed by atoms with Crippen molar-refractivity contribution in [2.24, 2.45) is 0 Å². The lowest BCUT2D eigenvalue weighted by molar-refractivity contribution is 0.865. The summed E-state index contributed by atoms with van der Waals surface area (Å²) in [5.41, 5.74) is 1.17. The molecular weight excluding hydrogens is 174 g/mol. The smallest absolute Gasteiger partial charge is 0.0529 e. The molecule has 0 aliphatic heterocycles. The fourth-order valence-corrected chi connectivity index (χ4v) is 0.794. The number of hydrogen-bond acceptors (Lipinski definition) is 3. The fourth-order valence-electron chi connectivity index (χ4n) is 0.794. The summed E-state index contributed by atoms with van der Waals surface area (Å²) in [4.78, 5) is 0. The van der Waals surface area contributed by atoms with E-state index in [1.54, 1.807) is 18.5 Å². The predicted octanol–water partition coefficient (Wildman–Crippen LogP) is 2.20. The van der Waals surface area contributed by atoms with Gasteiger partial charge in [0.05, 0.1) is 12.4 Å². The van der Waals surface area contributed by atoms with Crippen molar-refractivity contribution in [3.63, 3.8) is 0 Å². The first kappa shape index (κ1) is 10.1. The Kier molecular flexibility index (Phi) is 4.65. The third kappa shape index (κ3) is 4.11. The molecule has 1 aromatic carbocycles. The summed E-state index contributed by atoms with van der Waals surface area (Å²) < 4.78 is 0. The predicted molar refractivity (Wildman–Crippen MR) is 56.4 cm³/mol. The molecule has 0 aliphatic carbocycles. The summed E-state index contributed by atoms with van der Waals surface area (Å²) in [7, 11) is 0. The Balaban J connectivity index is 0.000000146. The van der Waals surface area contributed by atoms with Crippen molar-refractivity contribution in [1.29, 1.82) is 0 Å². The molecule has 70 valence electrons. The second kappa shape index (κ2) is 6.48.